The summed E-state index contributed by atoms with van der Waals surface area (Å²) in [6.07, 6.45) is 6.21. The van der Waals surface area contributed by atoms with Crippen molar-refractivity contribution in [3.05, 3.63) is 29.0 Å². The highest BCUT2D eigenvalue weighted by atomic mass is 35.5. The van der Waals surface area contributed by atoms with Crippen molar-refractivity contribution < 1.29 is 19.4 Å². The van der Waals surface area contributed by atoms with E-state index >= 15 is 0 Å². The van der Waals surface area contributed by atoms with Crippen molar-refractivity contribution in [3.8, 4) is 0 Å². The van der Waals surface area contributed by atoms with Gasteiger partial charge < -0.3 is 19.5 Å². The fraction of sp³-hybridized carbons (Fsp3) is 0.714. The van der Waals surface area contributed by atoms with Crippen LogP contribution in [-0.4, -0.2) is 52.5 Å². The molecular formula is C21H31ClN2O4. The first-order valence-electron chi connectivity index (χ1n) is 10.1. The number of halogens is 1. The molecule has 28 heavy (non-hydrogen) atoms. The Kier molecular flexibility index (Phi) is 6.52. The molecular weight excluding hydrogens is 380 g/mol. The molecule has 156 valence electrons. The highest BCUT2D eigenvalue weighted by molar-refractivity contribution is 6.29. The molecule has 3 atom stereocenters. The summed E-state index contributed by atoms with van der Waals surface area (Å²) in [5, 5.41) is 11.6. The number of nitrogens with zero attached hydrogens (tertiary/aromatic N) is 2. The Hall–Kier alpha value is -1.37. The standard InChI is InChI=1S/C17H23ClN2O3.C4H8O/c1-16(2,3)23-15(21)20-10-12-4-6-13(20)8-17(12,22)11-5-7-14(18)19-9-11;1-2-4-5-3-1/h5,7,9,12-13,22H,4,6,8,10H2,1-3H3;1-4H2. The van der Waals surface area contributed by atoms with E-state index in [0.717, 1.165) is 31.6 Å². The van der Waals surface area contributed by atoms with Crippen LogP contribution in [0.15, 0.2) is 18.3 Å². The molecule has 0 spiro atoms. The van der Waals surface area contributed by atoms with Gasteiger partial charge in [-0.15, -0.1) is 0 Å². The number of aliphatic hydroxyl groups is 1. The van der Waals surface area contributed by atoms with Gasteiger partial charge in [0.25, 0.3) is 0 Å². The van der Waals surface area contributed by atoms with Gasteiger partial charge in [0.05, 0.1) is 5.60 Å². The summed E-state index contributed by atoms with van der Waals surface area (Å²) in [6, 6.07) is 3.52. The number of ether oxygens (including phenoxy) is 2. The predicted octanol–water partition coefficient (Wildman–Crippen LogP) is 4.14. The Labute approximate surface area is 172 Å². The number of pyridine rings is 1. The number of piperidine rings is 2. The lowest BCUT2D eigenvalue weighted by Gasteiger charge is -2.53. The minimum absolute atomic E-state index is 0.00414. The second-order valence-corrected chi connectivity index (χ2v) is 9.27. The number of carbonyl (C=O) groups is 1. The maximum Gasteiger partial charge on any atom is 0.410 e. The molecule has 5 rings (SSSR count). The van der Waals surface area contributed by atoms with Gasteiger partial charge in [-0.05, 0) is 52.5 Å². The third kappa shape index (κ3) is 4.97. The number of hydrogen-bond acceptors (Lipinski definition) is 5. The molecule has 1 saturated carbocycles. The average molecular weight is 411 g/mol. The highest BCUT2D eigenvalue weighted by Crippen LogP contribution is 2.48. The third-order valence-electron chi connectivity index (χ3n) is 5.61. The first-order valence-corrected chi connectivity index (χ1v) is 10.5. The van der Waals surface area contributed by atoms with E-state index in [1.165, 1.54) is 12.8 Å². The SMILES string of the molecule is C1CCOC1.CC(C)(C)OC(=O)N1CC2CCC1CC2(O)c1ccc(Cl)nc1. The summed E-state index contributed by atoms with van der Waals surface area (Å²) >= 11 is 5.84. The summed E-state index contributed by atoms with van der Waals surface area (Å²) < 4.78 is 10.4. The summed E-state index contributed by atoms with van der Waals surface area (Å²) in [4.78, 5) is 18.2. The van der Waals surface area contributed by atoms with Gasteiger partial charge in [0.15, 0.2) is 0 Å². The molecule has 4 fully saturated rings. The normalized spacial score (nSPS) is 29.2. The molecule has 1 amide bonds. The molecule has 0 radical (unpaired) electrons. The Bertz CT molecular complexity index is 664. The lowest BCUT2D eigenvalue weighted by molar-refractivity contribution is -0.130. The zero-order chi connectivity index (χ0) is 20.4. The number of rotatable bonds is 1. The number of hydrogen-bond donors (Lipinski definition) is 1. The van der Waals surface area contributed by atoms with Crippen molar-refractivity contribution in [2.75, 3.05) is 19.8 Å². The number of carbonyl (C=O) groups excluding carboxylic acids is 1. The fourth-order valence-electron chi connectivity index (χ4n) is 4.20. The van der Waals surface area contributed by atoms with Crippen LogP contribution in [0.4, 0.5) is 4.79 Å². The first kappa shape index (κ1) is 21.3. The zero-order valence-electron chi connectivity index (χ0n) is 17.0. The number of aromatic nitrogens is 1. The summed E-state index contributed by atoms with van der Waals surface area (Å²) in [5.41, 5.74) is -0.677. The molecule has 6 nitrogen and oxygen atoms in total. The molecule has 3 saturated heterocycles. The highest BCUT2D eigenvalue weighted by Gasteiger charge is 2.52. The molecule has 1 aliphatic carbocycles. The van der Waals surface area contributed by atoms with Gasteiger partial charge in [0, 0.05) is 49.9 Å². The average Bonchev–Trinajstić information content (AvgIpc) is 3.21. The largest absolute Gasteiger partial charge is 0.444 e. The van der Waals surface area contributed by atoms with E-state index in [-0.39, 0.29) is 18.1 Å². The Balaban J connectivity index is 0.000000391. The first-order chi connectivity index (χ1) is 13.2. The van der Waals surface area contributed by atoms with E-state index in [2.05, 4.69) is 4.98 Å². The van der Waals surface area contributed by atoms with E-state index in [1.807, 2.05) is 26.8 Å². The van der Waals surface area contributed by atoms with E-state index in [0.29, 0.717) is 18.1 Å². The van der Waals surface area contributed by atoms with Crippen molar-refractivity contribution in [1.29, 1.82) is 0 Å². The quantitative estimate of drug-likeness (QED) is 0.704. The molecule has 7 heteroatoms. The van der Waals surface area contributed by atoms with Gasteiger partial charge in [-0.1, -0.05) is 17.7 Å². The van der Waals surface area contributed by atoms with Gasteiger partial charge in [-0.25, -0.2) is 9.78 Å². The molecule has 1 N–H and O–H groups in total. The van der Waals surface area contributed by atoms with Crippen molar-refractivity contribution >= 4 is 17.7 Å². The monoisotopic (exact) mass is 410 g/mol. The topological polar surface area (TPSA) is 71.9 Å². The molecule has 3 unspecified atom stereocenters. The van der Waals surface area contributed by atoms with E-state index in [9.17, 15) is 9.90 Å². The van der Waals surface area contributed by atoms with E-state index in [1.54, 1.807) is 17.2 Å². The minimum Gasteiger partial charge on any atom is -0.444 e. The minimum atomic E-state index is -0.945. The lowest BCUT2D eigenvalue weighted by atomic mass is 9.66. The smallest absolute Gasteiger partial charge is 0.410 e. The Morgan fingerprint density at radius 3 is 2.50 bits per heavy atom. The van der Waals surface area contributed by atoms with E-state index < -0.39 is 11.2 Å². The van der Waals surface area contributed by atoms with Crippen LogP contribution in [0.25, 0.3) is 0 Å². The van der Waals surface area contributed by atoms with Crippen LogP contribution in [0.5, 0.6) is 0 Å². The molecule has 1 aromatic rings. The fourth-order valence-corrected chi connectivity index (χ4v) is 4.31. The number of fused-ring (bicyclic) bond motifs is 3. The molecule has 2 bridgehead atoms. The van der Waals surface area contributed by atoms with Gasteiger partial charge in [0.1, 0.15) is 10.8 Å². The van der Waals surface area contributed by atoms with Crippen LogP contribution < -0.4 is 0 Å². The van der Waals surface area contributed by atoms with Crippen LogP contribution in [0.1, 0.15) is 58.4 Å². The zero-order valence-corrected chi connectivity index (χ0v) is 17.7. The molecule has 1 aromatic heterocycles. The molecule has 3 aliphatic heterocycles. The second kappa shape index (κ2) is 8.56. The molecule has 4 heterocycles. The van der Waals surface area contributed by atoms with Crippen molar-refractivity contribution in [2.24, 2.45) is 5.92 Å². The van der Waals surface area contributed by atoms with E-state index in [4.69, 9.17) is 21.1 Å². The Morgan fingerprint density at radius 2 is 2.04 bits per heavy atom. The van der Waals surface area contributed by atoms with Crippen LogP contribution in [0.2, 0.25) is 5.15 Å². The maximum absolute atomic E-state index is 12.4. The Morgan fingerprint density at radius 1 is 1.32 bits per heavy atom. The van der Waals surface area contributed by atoms with Crippen LogP contribution in [0, 0.1) is 5.92 Å². The molecule has 0 aromatic carbocycles. The van der Waals surface area contributed by atoms with Crippen molar-refractivity contribution in [3.63, 3.8) is 0 Å². The van der Waals surface area contributed by atoms with Crippen LogP contribution in [-0.2, 0) is 15.1 Å². The summed E-state index contributed by atoms with van der Waals surface area (Å²) in [7, 11) is 0. The summed E-state index contributed by atoms with van der Waals surface area (Å²) in [5.74, 6) is -0.0111. The van der Waals surface area contributed by atoms with Crippen LogP contribution in [0.3, 0.4) is 0 Å². The predicted molar refractivity (Wildman–Crippen MR) is 107 cm³/mol. The van der Waals surface area contributed by atoms with Gasteiger partial charge in [-0.3, -0.25) is 0 Å². The maximum atomic E-state index is 12.4. The lowest BCUT2D eigenvalue weighted by Crippen LogP contribution is -2.61. The second-order valence-electron chi connectivity index (χ2n) is 8.88. The summed E-state index contributed by atoms with van der Waals surface area (Å²) in [6.45, 7) is 8.10. The van der Waals surface area contributed by atoms with Crippen LogP contribution >= 0.6 is 11.6 Å². The molecule has 4 aliphatic rings. The third-order valence-corrected chi connectivity index (χ3v) is 5.83. The van der Waals surface area contributed by atoms with Crippen molar-refractivity contribution in [2.45, 2.75) is 70.1 Å². The van der Waals surface area contributed by atoms with Gasteiger partial charge in [-0.2, -0.15) is 0 Å². The van der Waals surface area contributed by atoms with Gasteiger partial charge >= 0.3 is 6.09 Å². The van der Waals surface area contributed by atoms with Crippen molar-refractivity contribution in [1.82, 2.24) is 9.88 Å². The number of amides is 1. The van der Waals surface area contributed by atoms with Gasteiger partial charge in [0.2, 0.25) is 0 Å².